The van der Waals surface area contributed by atoms with E-state index in [-0.39, 0.29) is 23.7 Å². The Bertz CT molecular complexity index is 1000. The zero-order valence-corrected chi connectivity index (χ0v) is 14.8. The van der Waals surface area contributed by atoms with E-state index in [1.807, 2.05) is 0 Å². The molecule has 138 valence electrons. The number of rotatable bonds is 6. The van der Waals surface area contributed by atoms with Crippen molar-refractivity contribution in [3.63, 3.8) is 0 Å². The molecule has 0 fully saturated rings. The molecule has 0 saturated heterocycles. The average Bonchev–Trinajstić information content (AvgIpc) is 3.14. The van der Waals surface area contributed by atoms with Crippen LogP contribution >= 0.6 is 11.6 Å². The average molecular weight is 389 g/mol. The first-order valence-electron chi connectivity index (χ1n) is 7.70. The topological polar surface area (TPSA) is 120 Å². The third kappa shape index (κ3) is 4.21. The van der Waals surface area contributed by atoms with E-state index in [1.54, 1.807) is 31.3 Å². The predicted molar refractivity (Wildman–Crippen MR) is 96.5 cm³/mol. The molecule has 3 rings (SSSR count). The van der Waals surface area contributed by atoms with Crippen molar-refractivity contribution in [3.05, 3.63) is 69.1 Å². The third-order valence-corrected chi connectivity index (χ3v) is 3.81. The first-order valence-corrected chi connectivity index (χ1v) is 8.07. The van der Waals surface area contributed by atoms with Crippen molar-refractivity contribution in [1.82, 2.24) is 10.1 Å². The minimum Gasteiger partial charge on any atom is -0.452 e. The quantitative estimate of drug-likeness (QED) is 0.385. The fourth-order valence-electron chi connectivity index (χ4n) is 2.29. The first kappa shape index (κ1) is 18.3. The van der Waals surface area contributed by atoms with E-state index < -0.39 is 10.9 Å². The van der Waals surface area contributed by atoms with E-state index in [0.29, 0.717) is 22.1 Å². The highest BCUT2D eigenvalue weighted by atomic mass is 35.5. The molecule has 0 bridgehead atoms. The Kier molecular flexibility index (Phi) is 5.32. The fourth-order valence-corrected chi connectivity index (χ4v) is 2.48. The molecular formula is C17H13ClN4O5. The van der Waals surface area contributed by atoms with Gasteiger partial charge in [0.25, 0.3) is 11.6 Å². The molecule has 2 aromatic carbocycles. The Hall–Kier alpha value is -3.46. The molecule has 1 aromatic heterocycles. The van der Waals surface area contributed by atoms with Crippen LogP contribution in [0.2, 0.25) is 5.02 Å². The molecule has 0 aliphatic carbocycles. The van der Waals surface area contributed by atoms with Gasteiger partial charge in [-0.2, -0.15) is 4.98 Å². The highest BCUT2D eigenvalue weighted by molar-refractivity contribution is 6.30. The fraction of sp³-hybridized carbons (Fsp3) is 0.118. The number of esters is 1. The summed E-state index contributed by atoms with van der Waals surface area (Å²) in [5.74, 6) is -0.361. The lowest BCUT2D eigenvalue weighted by molar-refractivity contribution is -0.384. The second-order valence-electron chi connectivity index (χ2n) is 5.34. The van der Waals surface area contributed by atoms with E-state index in [2.05, 4.69) is 15.5 Å². The Morgan fingerprint density at radius 3 is 2.85 bits per heavy atom. The Balaban J connectivity index is 1.69. The highest BCUT2D eigenvalue weighted by Crippen LogP contribution is 2.25. The number of anilines is 1. The number of carbonyl (C=O) groups is 1. The van der Waals surface area contributed by atoms with E-state index in [1.165, 1.54) is 12.1 Å². The molecule has 9 nitrogen and oxygen atoms in total. The number of ether oxygens (including phenoxy) is 1. The van der Waals surface area contributed by atoms with Gasteiger partial charge in [0.15, 0.2) is 6.61 Å². The summed E-state index contributed by atoms with van der Waals surface area (Å²) in [6, 6.07) is 10.9. The molecule has 27 heavy (non-hydrogen) atoms. The van der Waals surface area contributed by atoms with Gasteiger partial charge in [0, 0.05) is 23.7 Å². The van der Waals surface area contributed by atoms with Crippen molar-refractivity contribution < 1.29 is 19.0 Å². The van der Waals surface area contributed by atoms with Gasteiger partial charge >= 0.3 is 5.97 Å². The highest BCUT2D eigenvalue weighted by Gasteiger charge is 2.18. The van der Waals surface area contributed by atoms with Gasteiger partial charge in [-0.05, 0) is 24.3 Å². The van der Waals surface area contributed by atoms with Crippen LogP contribution in [0.3, 0.4) is 0 Å². The number of nitrogens with one attached hydrogen (secondary N) is 1. The van der Waals surface area contributed by atoms with Crippen molar-refractivity contribution in [2.24, 2.45) is 0 Å². The summed E-state index contributed by atoms with van der Waals surface area (Å²) in [5, 5.41) is 18.1. The zero-order valence-electron chi connectivity index (χ0n) is 14.0. The van der Waals surface area contributed by atoms with Gasteiger partial charge < -0.3 is 14.6 Å². The maximum absolute atomic E-state index is 12.1. The second-order valence-corrected chi connectivity index (χ2v) is 5.77. The SMILES string of the molecule is CNc1ccc(C(=O)OCc2nc(-c3cccc(Cl)c3)no2)cc1[N+](=O)[O-]. The molecule has 0 unspecified atom stereocenters. The molecule has 0 amide bonds. The van der Waals surface area contributed by atoms with Crippen LogP contribution in [-0.2, 0) is 11.3 Å². The Morgan fingerprint density at radius 2 is 2.15 bits per heavy atom. The lowest BCUT2D eigenvalue weighted by Crippen LogP contribution is -2.07. The van der Waals surface area contributed by atoms with Gasteiger partial charge in [-0.15, -0.1) is 0 Å². The summed E-state index contributed by atoms with van der Waals surface area (Å²) >= 11 is 5.92. The molecule has 1 heterocycles. The number of halogens is 1. The molecule has 0 radical (unpaired) electrons. The van der Waals surface area contributed by atoms with E-state index in [0.717, 1.165) is 6.07 Å². The number of benzene rings is 2. The maximum atomic E-state index is 12.1. The van der Waals surface area contributed by atoms with Crippen LogP contribution in [0.25, 0.3) is 11.4 Å². The molecule has 3 aromatic rings. The van der Waals surface area contributed by atoms with Gasteiger partial charge in [-0.25, -0.2) is 4.79 Å². The molecule has 0 aliphatic heterocycles. The Morgan fingerprint density at radius 1 is 1.33 bits per heavy atom. The minimum absolute atomic E-state index is 0.0373. The number of hydrogen-bond donors (Lipinski definition) is 1. The molecule has 10 heteroatoms. The lowest BCUT2D eigenvalue weighted by atomic mass is 10.1. The zero-order chi connectivity index (χ0) is 19.4. The summed E-state index contributed by atoms with van der Waals surface area (Å²) < 4.78 is 10.1. The van der Waals surface area contributed by atoms with Crippen LogP contribution in [0.4, 0.5) is 11.4 Å². The number of carbonyl (C=O) groups excluding carboxylic acids is 1. The molecular weight excluding hydrogens is 376 g/mol. The van der Waals surface area contributed by atoms with Gasteiger partial charge in [0.2, 0.25) is 5.82 Å². The monoisotopic (exact) mass is 388 g/mol. The summed E-state index contributed by atoms with van der Waals surface area (Å²) in [5.41, 5.74) is 0.755. The van der Waals surface area contributed by atoms with Crippen molar-refractivity contribution in [3.8, 4) is 11.4 Å². The number of nitrogens with zero attached hydrogens (tertiary/aromatic N) is 3. The van der Waals surface area contributed by atoms with Gasteiger partial charge in [0.1, 0.15) is 5.69 Å². The van der Waals surface area contributed by atoms with Gasteiger partial charge in [-0.3, -0.25) is 10.1 Å². The van der Waals surface area contributed by atoms with Gasteiger partial charge in [-0.1, -0.05) is 28.9 Å². The number of aromatic nitrogens is 2. The molecule has 1 N–H and O–H groups in total. The van der Waals surface area contributed by atoms with E-state index in [4.69, 9.17) is 20.9 Å². The summed E-state index contributed by atoms with van der Waals surface area (Å²) in [6.07, 6.45) is 0. The van der Waals surface area contributed by atoms with Crippen LogP contribution in [0.15, 0.2) is 47.0 Å². The van der Waals surface area contributed by atoms with Crippen LogP contribution < -0.4 is 5.32 Å². The van der Waals surface area contributed by atoms with Gasteiger partial charge in [0.05, 0.1) is 10.5 Å². The number of hydrogen-bond acceptors (Lipinski definition) is 8. The predicted octanol–water partition coefficient (Wildman–Crippen LogP) is 3.70. The molecule has 0 aliphatic rings. The van der Waals surface area contributed by atoms with Crippen molar-refractivity contribution in [2.45, 2.75) is 6.61 Å². The molecule has 0 saturated carbocycles. The van der Waals surface area contributed by atoms with Crippen LogP contribution in [0.1, 0.15) is 16.2 Å². The Labute approximate surface area is 158 Å². The molecule has 0 atom stereocenters. The van der Waals surface area contributed by atoms with Crippen LogP contribution in [0, 0.1) is 10.1 Å². The van der Waals surface area contributed by atoms with Crippen molar-refractivity contribution in [2.75, 3.05) is 12.4 Å². The summed E-state index contributed by atoms with van der Waals surface area (Å²) in [7, 11) is 1.55. The number of nitro groups is 1. The first-order chi connectivity index (χ1) is 13.0. The van der Waals surface area contributed by atoms with Crippen molar-refractivity contribution in [1.29, 1.82) is 0 Å². The minimum atomic E-state index is -0.747. The van der Waals surface area contributed by atoms with Crippen LogP contribution in [0.5, 0.6) is 0 Å². The summed E-state index contributed by atoms with van der Waals surface area (Å²) in [6.45, 7) is -0.270. The largest absolute Gasteiger partial charge is 0.452 e. The third-order valence-electron chi connectivity index (χ3n) is 3.58. The lowest BCUT2D eigenvalue weighted by Gasteiger charge is -2.05. The maximum Gasteiger partial charge on any atom is 0.338 e. The van der Waals surface area contributed by atoms with Crippen LogP contribution in [-0.4, -0.2) is 28.1 Å². The smallest absolute Gasteiger partial charge is 0.338 e. The summed E-state index contributed by atoms with van der Waals surface area (Å²) in [4.78, 5) is 26.8. The normalized spacial score (nSPS) is 10.4. The van der Waals surface area contributed by atoms with E-state index in [9.17, 15) is 14.9 Å². The molecule has 0 spiro atoms. The van der Waals surface area contributed by atoms with Crippen molar-refractivity contribution >= 4 is 28.9 Å². The standard InChI is InChI=1S/C17H13ClN4O5/c1-19-13-6-5-11(8-14(13)22(24)25)17(23)26-9-15-20-16(21-27-15)10-3-2-4-12(18)7-10/h2-8,19H,9H2,1H3. The number of nitro benzene ring substituents is 1. The van der Waals surface area contributed by atoms with E-state index >= 15 is 0 Å². The second kappa shape index (κ2) is 7.83.